The summed E-state index contributed by atoms with van der Waals surface area (Å²) in [6.07, 6.45) is 3.98. The van der Waals surface area contributed by atoms with Crippen LogP contribution in [0.3, 0.4) is 0 Å². The van der Waals surface area contributed by atoms with E-state index >= 15 is 0 Å². The molecule has 0 spiro atoms. The van der Waals surface area contributed by atoms with Crippen LogP contribution in [0.1, 0.15) is 31.2 Å². The van der Waals surface area contributed by atoms with Gasteiger partial charge in [0.25, 0.3) is 0 Å². The van der Waals surface area contributed by atoms with Crippen molar-refractivity contribution >= 4 is 0 Å². The van der Waals surface area contributed by atoms with Crippen molar-refractivity contribution < 1.29 is 9.84 Å². The molecule has 106 valence electrons. The van der Waals surface area contributed by atoms with Crippen LogP contribution >= 0.6 is 0 Å². The first-order valence-electron chi connectivity index (χ1n) is 7.06. The lowest BCUT2D eigenvalue weighted by Crippen LogP contribution is -2.49. The molecule has 1 aliphatic carbocycles. The van der Waals surface area contributed by atoms with E-state index in [2.05, 4.69) is 31.1 Å². The second kappa shape index (κ2) is 5.93. The van der Waals surface area contributed by atoms with Gasteiger partial charge in [0.1, 0.15) is 5.75 Å². The van der Waals surface area contributed by atoms with Gasteiger partial charge in [0.05, 0.1) is 13.2 Å². The highest BCUT2D eigenvalue weighted by Gasteiger charge is 2.41. The van der Waals surface area contributed by atoms with E-state index in [-0.39, 0.29) is 11.5 Å². The zero-order valence-corrected chi connectivity index (χ0v) is 12.2. The predicted octanol–water partition coefficient (Wildman–Crippen LogP) is 2.43. The van der Waals surface area contributed by atoms with E-state index in [1.165, 1.54) is 12.0 Å². The molecule has 0 radical (unpaired) electrons. The summed E-state index contributed by atoms with van der Waals surface area (Å²) in [5.41, 5.74) is 1.05. The van der Waals surface area contributed by atoms with Crippen LogP contribution in [0.5, 0.6) is 5.75 Å². The molecule has 2 atom stereocenters. The van der Waals surface area contributed by atoms with Crippen LogP contribution in [0.15, 0.2) is 24.3 Å². The maximum absolute atomic E-state index is 10.6. The smallest absolute Gasteiger partial charge is 0.119 e. The van der Waals surface area contributed by atoms with Gasteiger partial charge in [-0.25, -0.2) is 0 Å². The predicted molar refractivity (Wildman–Crippen MR) is 77.7 cm³/mol. The van der Waals surface area contributed by atoms with Gasteiger partial charge in [-0.2, -0.15) is 0 Å². The maximum atomic E-state index is 10.6. The summed E-state index contributed by atoms with van der Waals surface area (Å²) >= 11 is 0. The molecule has 0 saturated heterocycles. The first-order valence-corrected chi connectivity index (χ1v) is 7.06. The summed E-state index contributed by atoms with van der Waals surface area (Å²) in [4.78, 5) is 2.17. The zero-order valence-electron chi connectivity index (χ0n) is 12.2. The Bertz CT molecular complexity index is 419. The fourth-order valence-corrected chi connectivity index (χ4v) is 3.33. The number of benzene rings is 1. The summed E-state index contributed by atoms with van der Waals surface area (Å²) in [7, 11) is 5.83. The highest BCUT2D eigenvalue weighted by atomic mass is 16.5. The van der Waals surface area contributed by atoms with Crippen LogP contribution in [0.25, 0.3) is 0 Å². The second-order valence-electron chi connectivity index (χ2n) is 5.89. The van der Waals surface area contributed by atoms with Gasteiger partial charge in [0.2, 0.25) is 0 Å². The Morgan fingerprint density at radius 1 is 1.37 bits per heavy atom. The summed E-state index contributed by atoms with van der Waals surface area (Å²) in [5, 5.41) is 10.6. The lowest BCUT2D eigenvalue weighted by molar-refractivity contribution is 0.0263. The van der Waals surface area contributed by atoms with Crippen LogP contribution < -0.4 is 4.74 Å². The highest BCUT2D eigenvalue weighted by molar-refractivity contribution is 5.36. The number of aliphatic hydroxyl groups excluding tert-OH is 1. The number of rotatable bonds is 4. The molecule has 2 rings (SSSR count). The molecule has 0 aliphatic heterocycles. The van der Waals surface area contributed by atoms with Crippen LogP contribution in [0, 0.1) is 0 Å². The summed E-state index contributed by atoms with van der Waals surface area (Å²) < 4.78 is 5.34. The first kappa shape index (κ1) is 14.4. The van der Waals surface area contributed by atoms with E-state index in [0.717, 1.165) is 31.6 Å². The molecule has 0 amide bonds. The number of aliphatic hydroxyl groups is 1. The molecule has 0 heterocycles. The first-order chi connectivity index (χ1) is 9.08. The van der Waals surface area contributed by atoms with Gasteiger partial charge >= 0.3 is 0 Å². The largest absolute Gasteiger partial charge is 0.497 e. The molecule has 1 aromatic carbocycles. The Balaban J connectivity index is 2.40. The summed E-state index contributed by atoms with van der Waals surface area (Å²) in [5.74, 6) is 0.869. The lowest BCUT2D eigenvalue weighted by atomic mass is 9.67. The molecular formula is C16H25NO2. The van der Waals surface area contributed by atoms with Crippen LogP contribution in [0.4, 0.5) is 0 Å². The summed E-state index contributed by atoms with van der Waals surface area (Å²) in [6.45, 7) is 0.876. The Hall–Kier alpha value is -1.06. The summed E-state index contributed by atoms with van der Waals surface area (Å²) in [6, 6.07) is 8.19. The standard InChI is InChI=1S/C16H25NO2/c1-17(2)12-16(10-5-4-9-15(16)18)13-7-6-8-14(11-13)19-3/h6-8,11,15,18H,4-5,9-10,12H2,1-3H3. The number of hydrogen-bond acceptors (Lipinski definition) is 3. The van der Waals surface area contributed by atoms with Crippen LogP contribution in [-0.2, 0) is 5.41 Å². The Morgan fingerprint density at radius 2 is 2.16 bits per heavy atom. The Labute approximate surface area is 116 Å². The molecule has 19 heavy (non-hydrogen) atoms. The minimum absolute atomic E-state index is 0.156. The molecule has 1 fully saturated rings. The molecule has 1 aliphatic rings. The van der Waals surface area contributed by atoms with Gasteiger partial charge in [-0.05, 0) is 44.6 Å². The van der Waals surface area contributed by atoms with Gasteiger partial charge in [0, 0.05) is 12.0 Å². The van der Waals surface area contributed by atoms with Gasteiger partial charge in [-0.15, -0.1) is 0 Å². The molecule has 3 heteroatoms. The Kier molecular flexibility index (Phi) is 4.48. The quantitative estimate of drug-likeness (QED) is 0.905. The van der Waals surface area contributed by atoms with Crippen molar-refractivity contribution in [2.75, 3.05) is 27.7 Å². The number of methoxy groups -OCH3 is 1. The van der Waals surface area contributed by atoms with Crippen molar-refractivity contribution in [3.05, 3.63) is 29.8 Å². The van der Waals surface area contributed by atoms with E-state index < -0.39 is 0 Å². The minimum atomic E-state index is -0.268. The SMILES string of the molecule is COc1cccc(C2(CN(C)C)CCCCC2O)c1. The topological polar surface area (TPSA) is 32.7 Å². The highest BCUT2D eigenvalue weighted by Crippen LogP contribution is 2.41. The minimum Gasteiger partial charge on any atom is -0.497 e. The van der Waals surface area contributed by atoms with Gasteiger partial charge in [-0.3, -0.25) is 0 Å². The van der Waals surface area contributed by atoms with Crippen molar-refractivity contribution in [3.8, 4) is 5.75 Å². The van der Waals surface area contributed by atoms with Crippen molar-refractivity contribution in [1.82, 2.24) is 4.90 Å². The van der Waals surface area contributed by atoms with Gasteiger partial charge < -0.3 is 14.7 Å². The number of ether oxygens (including phenoxy) is 1. The average Bonchev–Trinajstić information content (AvgIpc) is 2.41. The molecule has 3 nitrogen and oxygen atoms in total. The van der Waals surface area contributed by atoms with E-state index in [1.54, 1.807) is 7.11 Å². The Morgan fingerprint density at radius 3 is 2.79 bits per heavy atom. The lowest BCUT2D eigenvalue weighted by Gasteiger charge is -2.44. The van der Waals surface area contributed by atoms with Gasteiger partial charge in [-0.1, -0.05) is 25.0 Å². The maximum Gasteiger partial charge on any atom is 0.119 e. The van der Waals surface area contributed by atoms with Gasteiger partial charge in [0.15, 0.2) is 0 Å². The molecular weight excluding hydrogens is 238 g/mol. The molecule has 1 aromatic rings. The molecule has 1 N–H and O–H groups in total. The fraction of sp³-hybridized carbons (Fsp3) is 0.625. The third kappa shape index (κ3) is 2.93. The molecule has 2 unspecified atom stereocenters. The van der Waals surface area contributed by atoms with E-state index in [9.17, 15) is 5.11 Å². The molecule has 0 bridgehead atoms. The van der Waals surface area contributed by atoms with E-state index in [1.807, 2.05) is 12.1 Å². The molecule has 1 saturated carbocycles. The van der Waals surface area contributed by atoms with Crippen molar-refractivity contribution in [2.24, 2.45) is 0 Å². The van der Waals surface area contributed by atoms with E-state index in [4.69, 9.17) is 4.74 Å². The van der Waals surface area contributed by atoms with Crippen molar-refractivity contribution in [3.63, 3.8) is 0 Å². The molecule has 0 aromatic heterocycles. The van der Waals surface area contributed by atoms with Crippen molar-refractivity contribution in [2.45, 2.75) is 37.2 Å². The normalized spacial score (nSPS) is 27.5. The van der Waals surface area contributed by atoms with Crippen LogP contribution in [-0.4, -0.2) is 43.9 Å². The van der Waals surface area contributed by atoms with Crippen LogP contribution in [0.2, 0.25) is 0 Å². The fourth-order valence-electron chi connectivity index (χ4n) is 3.33. The number of nitrogens with zero attached hydrogens (tertiary/aromatic N) is 1. The average molecular weight is 263 g/mol. The number of likely N-dealkylation sites (N-methyl/N-ethyl adjacent to an activating group) is 1. The zero-order chi connectivity index (χ0) is 13.9. The third-order valence-electron chi connectivity index (χ3n) is 4.23. The third-order valence-corrected chi connectivity index (χ3v) is 4.23. The monoisotopic (exact) mass is 263 g/mol. The van der Waals surface area contributed by atoms with Crippen molar-refractivity contribution in [1.29, 1.82) is 0 Å². The number of hydrogen-bond donors (Lipinski definition) is 1. The second-order valence-corrected chi connectivity index (χ2v) is 5.89. The van der Waals surface area contributed by atoms with E-state index in [0.29, 0.717) is 0 Å².